The zero-order valence-corrected chi connectivity index (χ0v) is 21.2. The summed E-state index contributed by atoms with van der Waals surface area (Å²) in [5.41, 5.74) is 2.34. The molecule has 0 aromatic heterocycles. The topological polar surface area (TPSA) is 46.1 Å². The van der Waals surface area contributed by atoms with Crippen LogP contribution in [0, 0.1) is 0 Å². The van der Waals surface area contributed by atoms with E-state index in [1.807, 2.05) is 30.1 Å². The van der Waals surface area contributed by atoms with E-state index in [0.717, 1.165) is 54.9 Å². The van der Waals surface area contributed by atoms with Gasteiger partial charge in [-0.1, -0.05) is 36.4 Å². The lowest BCUT2D eigenvalue weighted by atomic mass is 10.1. The third-order valence-electron chi connectivity index (χ3n) is 5.37. The number of nitrogens with zero attached hydrogens (tertiary/aromatic N) is 2. The van der Waals surface area contributed by atoms with Crippen LogP contribution >= 0.6 is 24.0 Å². The summed E-state index contributed by atoms with van der Waals surface area (Å²) >= 11 is 0. The van der Waals surface area contributed by atoms with Gasteiger partial charge in [-0.15, -0.1) is 24.0 Å². The van der Waals surface area contributed by atoms with Crippen LogP contribution in [0.1, 0.15) is 35.1 Å². The highest BCUT2D eigenvalue weighted by atomic mass is 127. The molecule has 5 nitrogen and oxygen atoms in total. The van der Waals surface area contributed by atoms with Gasteiger partial charge >= 0.3 is 6.18 Å². The van der Waals surface area contributed by atoms with Crippen molar-refractivity contribution in [3.05, 3.63) is 70.8 Å². The van der Waals surface area contributed by atoms with E-state index in [2.05, 4.69) is 16.4 Å². The van der Waals surface area contributed by atoms with Crippen LogP contribution in [0.15, 0.2) is 53.5 Å². The third-order valence-corrected chi connectivity index (χ3v) is 5.37. The molecule has 182 valence electrons. The number of hydrogen-bond acceptors (Lipinski definition) is 3. The van der Waals surface area contributed by atoms with Crippen LogP contribution in [0.5, 0.6) is 0 Å². The van der Waals surface area contributed by atoms with Gasteiger partial charge in [-0.05, 0) is 41.7 Å². The molecule has 2 aromatic rings. The summed E-state index contributed by atoms with van der Waals surface area (Å²) in [5, 5.41) is 3.31. The van der Waals surface area contributed by atoms with Crippen LogP contribution in [0.25, 0.3) is 0 Å². The van der Waals surface area contributed by atoms with Gasteiger partial charge in [0.25, 0.3) is 0 Å². The van der Waals surface area contributed by atoms with E-state index in [0.29, 0.717) is 25.7 Å². The Labute approximate surface area is 210 Å². The van der Waals surface area contributed by atoms with Crippen LogP contribution in [0.4, 0.5) is 13.2 Å². The van der Waals surface area contributed by atoms with Crippen molar-refractivity contribution in [3.63, 3.8) is 0 Å². The Morgan fingerprint density at radius 3 is 2.39 bits per heavy atom. The van der Waals surface area contributed by atoms with Gasteiger partial charge in [0.05, 0.1) is 18.3 Å². The molecule has 9 heteroatoms. The minimum absolute atomic E-state index is 0. The maximum atomic E-state index is 12.7. The molecule has 1 fully saturated rings. The molecule has 0 bridgehead atoms. The monoisotopic (exact) mass is 577 g/mol. The van der Waals surface area contributed by atoms with Gasteiger partial charge in [-0.25, -0.2) is 0 Å². The normalized spacial score (nSPS) is 15.1. The Morgan fingerprint density at radius 2 is 1.76 bits per heavy atom. The van der Waals surface area contributed by atoms with Crippen molar-refractivity contribution in [2.45, 2.75) is 44.8 Å². The van der Waals surface area contributed by atoms with Crippen molar-refractivity contribution < 1.29 is 22.6 Å². The predicted octanol–water partition coefficient (Wildman–Crippen LogP) is 5.23. The predicted molar refractivity (Wildman–Crippen MR) is 134 cm³/mol. The summed E-state index contributed by atoms with van der Waals surface area (Å²) in [6, 6.07) is 13.4. The Morgan fingerprint density at radius 1 is 1.09 bits per heavy atom. The van der Waals surface area contributed by atoms with E-state index in [1.165, 1.54) is 12.1 Å². The number of alkyl halides is 3. The van der Waals surface area contributed by atoms with E-state index in [-0.39, 0.29) is 30.1 Å². The molecule has 0 atom stereocenters. The van der Waals surface area contributed by atoms with Crippen LogP contribution in [-0.2, 0) is 35.3 Å². The highest BCUT2D eigenvalue weighted by molar-refractivity contribution is 14.0. The number of aliphatic imine (C=N–C) groups is 1. The largest absolute Gasteiger partial charge is 0.416 e. The quantitative estimate of drug-likeness (QED) is 0.279. The molecule has 0 radical (unpaired) electrons. The molecule has 0 saturated carbocycles. The van der Waals surface area contributed by atoms with Crippen molar-refractivity contribution in [2.75, 3.05) is 27.3 Å². The van der Waals surface area contributed by atoms with Gasteiger partial charge in [0.2, 0.25) is 0 Å². The first-order chi connectivity index (χ1) is 15.3. The smallest absolute Gasteiger partial charge is 0.381 e. The number of nitrogens with one attached hydrogen (secondary N) is 1. The van der Waals surface area contributed by atoms with Crippen LogP contribution in [-0.4, -0.2) is 44.3 Å². The fraction of sp³-hybridized carbons (Fsp3) is 0.458. The van der Waals surface area contributed by atoms with Gasteiger partial charge in [0, 0.05) is 40.4 Å². The summed E-state index contributed by atoms with van der Waals surface area (Å²) in [5.74, 6) is 0.661. The standard InChI is InChI=1S/C24H30F3N3O2.HI/c1-28-23(30(2)16-18-6-8-21(9-7-18)24(25,26)27)29-15-19-4-3-5-20(14-19)17-32-22-10-12-31-13-11-22;/h3-9,14,22H,10-13,15-17H2,1-2H3,(H,28,29);1H. The average molecular weight is 577 g/mol. The van der Waals surface area contributed by atoms with Crippen LogP contribution in [0.3, 0.4) is 0 Å². The molecule has 0 spiro atoms. The van der Waals surface area contributed by atoms with Crippen LogP contribution < -0.4 is 5.32 Å². The molecule has 1 aliphatic rings. The number of ether oxygens (including phenoxy) is 2. The average Bonchev–Trinajstić information content (AvgIpc) is 2.79. The minimum Gasteiger partial charge on any atom is -0.381 e. The summed E-state index contributed by atoms with van der Waals surface area (Å²) in [6.45, 7) is 3.11. The molecule has 0 amide bonds. The molecule has 1 N–H and O–H groups in total. The van der Waals surface area contributed by atoms with Gasteiger partial charge in [0.15, 0.2) is 5.96 Å². The minimum atomic E-state index is -4.33. The second-order valence-corrected chi connectivity index (χ2v) is 7.89. The Hall–Kier alpha value is -1.85. The number of benzene rings is 2. The molecule has 1 aliphatic heterocycles. The summed E-state index contributed by atoms with van der Waals surface area (Å²) < 4.78 is 49.6. The lowest BCUT2D eigenvalue weighted by molar-refractivity contribution is -0.137. The molecule has 2 aromatic carbocycles. The number of halogens is 4. The highest BCUT2D eigenvalue weighted by Crippen LogP contribution is 2.29. The highest BCUT2D eigenvalue weighted by Gasteiger charge is 2.29. The SMILES string of the molecule is CN=C(NCc1cccc(COC2CCOCC2)c1)N(C)Cc1ccc(C(F)(F)F)cc1.I. The number of rotatable bonds is 7. The third kappa shape index (κ3) is 8.78. The van der Waals surface area contributed by atoms with E-state index >= 15 is 0 Å². The van der Waals surface area contributed by atoms with Gasteiger partial charge in [-0.2, -0.15) is 13.2 Å². The fourth-order valence-corrected chi connectivity index (χ4v) is 3.60. The maximum Gasteiger partial charge on any atom is 0.416 e. The molecule has 33 heavy (non-hydrogen) atoms. The first-order valence-corrected chi connectivity index (χ1v) is 10.7. The zero-order valence-electron chi connectivity index (χ0n) is 18.9. The zero-order chi connectivity index (χ0) is 23.0. The Bertz CT molecular complexity index is 885. The molecule has 1 saturated heterocycles. The van der Waals surface area contributed by atoms with Crippen molar-refractivity contribution in [1.82, 2.24) is 10.2 Å². The second-order valence-electron chi connectivity index (χ2n) is 7.89. The summed E-state index contributed by atoms with van der Waals surface area (Å²) in [6.07, 6.45) is -2.21. The van der Waals surface area contributed by atoms with Crippen LogP contribution in [0.2, 0.25) is 0 Å². The fourth-order valence-electron chi connectivity index (χ4n) is 3.60. The van der Waals surface area contributed by atoms with Gasteiger partial charge in [0.1, 0.15) is 0 Å². The lowest BCUT2D eigenvalue weighted by Crippen LogP contribution is -2.38. The molecule has 0 unspecified atom stereocenters. The lowest BCUT2D eigenvalue weighted by Gasteiger charge is -2.23. The van der Waals surface area contributed by atoms with Gasteiger partial charge in [-0.3, -0.25) is 4.99 Å². The Balaban J connectivity index is 0.00000385. The number of guanidine groups is 1. The summed E-state index contributed by atoms with van der Waals surface area (Å²) in [4.78, 5) is 6.17. The molecular weight excluding hydrogens is 546 g/mol. The number of hydrogen-bond donors (Lipinski definition) is 1. The van der Waals surface area contributed by atoms with Crippen molar-refractivity contribution in [1.29, 1.82) is 0 Å². The Kier molecular flexibility index (Phi) is 10.9. The molecule has 1 heterocycles. The van der Waals surface area contributed by atoms with Crippen molar-refractivity contribution in [3.8, 4) is 0 Å². The first kappa shape index (κ1) is 27.4. The van der Waals surface area contributed by atoms with Crippen molar-refractivity contribution in [2.24, 2.45) is 4.99 Å². The van der Waals surface area contributed by atoms with Crippen molar-refractivity contribution >= 4 is 29.9 Å². The van der Waals surface area contributed by atoms with E-state index < -0.39 is 11.7 Å². The maximum absolute atomic E-state index is 12.7. The summed E-state index contributed by atoms with van der Waals surface area (Å²) in [7, 11) is 3.54. The van der Waals surface area contributed by atoms with Gasteiger partial charge < -0.3 is 19.7 Å². The van der Waals surface area contributed by atoms with E-state index in [1.54, 1.807) is 7.05 Å². The first-order valence-electron chi connectivity index (χ1n) is 10.7. The van der Waals surface area contributed by atoms with E-state index in [4.69, 9.17) is 9.47 Å². The molecule has 0 aliphatic carbocycles. The second kappa shape index (κ2) is 13.1. The molecular formula is C24H31F3IN3O2. The molecule has 3 rings (SSSR count). The van der Waals surface area contributed by atoms with E-state index in [9.17, 15) is 13.2 Å².